The minimum absolute atomic E-state index is 0.0154. The Morgan fingerprint density at radius 2 is 1.71 bits per heavy atom. The van der Waals surface area contributed by atoms with Crippen LogP contribution < -0.4 is 0 Å². The molecule has 3 atom stereocenters. The summed E-state index contributed by atoms with van der Waals surface area (Å²) >= 11 is 2.46. The molecule has 1 heterocycles. The summed E-state index contributed by atoms with van der Waals surface area (Å²) in [5.74, 6) is -0.0754. The number of cyclic esters (lactones) is 1. The second-order valence-corrected chi connectivity index (χ2v) is 15.2. The number of carbonyl (C=O) groups excluding carboxylic acids is 1. The Morgan fingerprint density at radius 1 is 1.17 bits per heavy atom. The number of hydrogen-bond acceptors (Lipinski definition) is 3. The molecule has 1 rings (SSSR count). The lowest BCUT2D eigenvalue weighted by Crippen LogP contribution is -2.52. The van der Waals surface area contributed by atoms with Crippen molar-refractivity contribution < 1.29 is 14.0 Å². The molecule has 0 bridgehead atoms. The predicted octanol–water partition coefficient (Wildman–Crippen LogP) is 6.25. The third kappa shape index (κ3) is 5.43. The molecule has 0 saturated carbocycles. The van der Waals surface area contributed by atoms with Crippen LogP contribution in [0.5, 0.6) is 0 Å². The average molecular weight is 468 g/mol. The van der Waals surface area contributed by atoms with Crippen molar-refractivity contribution in [2.75, 3.05) is 0 Å². The molecular weight excluding hydrogens is 431 g/mol. The van der Waals surface area contributed by atoms with Crippen molar-refractivity contribution in [2.24, 2.45) is 0 Å². The zero-order chi connectivity index (χ0) is 18.5. The Labute approximate surface area is 163 Å². The molecule has 1 fully saturated rings. The fourth-order valence-electron chi connectivity index (χ4n) is 4.39. The van der Waals surface area contributed by atoms with Gasteiger partial charge in [-0.25, -0.2) is 0 Å². The highest BCUT2D eigenvalue weighted by Gasteiger charge is 2.48. The van der Waals surface area contributed by atoms with Gasteiger partial charge in [0.2, 0.25) is 8.32 Å². The van der Waals surface area contributed by atoms with Crippen molar-refractivity contribution in [3.63, 3.8) is 0 Å². The van der Waals surface area contributed by atoms with E-state index in [1.807, 2.05) is 0 Å². The standard InChI is InChI=1S/C19H37IO3Si/c1-8-9-10-17(20)18-11-16(12-19(21)22-18)23-24(13(2)3,14(4)5)15(6)7/h13-18H,8-12H2,1-7H3/t16-,17-,18+/m1/s1. The Kier molecular flexibility index (Phi) is 9.25. The van der Waals surface area contributed by atoms with Gasteiger partial charge in [0.05, 0.1) is 12.5 Å². The van der Waals surface area contributed by atoms with Crippen LogP contribution in [0.25, 0.3) is 0 Å². The SMILES string of the molecule is CCCC[C@@H](I)[C@@H]1C[C@@H](O[Si](C(C)C)(C(C)C)C(C)C)CC(=O)O1. The van der Waals surface area contributed by atoms with E-state index in [1.165, 1.54) is 12.8 Å². The second kappa shape index (κ2) is 9.90. The fourth-order valence-corrected chi connectivity index (χ4v) is 10.8. The molecule has 0 aromatic carbocycles. The van der Waals surface area contributed by atoms with E-state index < -0.39 is 8.32 Å². The molecule has 5 heteroatoms. The summed E-state index contributed by atoms with van der Waals surface area (Å²) < 4.78 is 12.9. The number of unbranched alkanes of at least 4 members (excludes halogenated alkanes) is 1. The topological polar surface area (TPSA) is 35.5 Å². The van der Waals surface area contributed by atoms with Gasteiger partial charge in [0.15, 0.2) is 0 Å². The first kappa shape index (κ1) is 22.4. The highest BCUT2D eigenvalue weighted by molar-refractivity contribution is 14.1. The molecule has 3 nitrogen and oxygen atoms in total. The van der Waals surface area contributed by atoms with Crippen LogP contribution in [0.2, 0.25) is 16.6 Å². The minimum atomic E-state index is -1.94. The zero-order valence-corrected chi connectivity index (χ0v) is 19.8. The number of alkyl halides is 1. The van der Waals surface area contributed by atoms with E-state index in [0.29, 0.717) is 27.0 Å². The molecule has 0 unspecified atom stereocenters. The van der Waals surface area contributed by atoms with Crippen molar-refractivity contribution in [1.82, 2.24) is 0 Å². The third-order valence-electron chi connectivity index (χ3n) is 5.49. The highest BCUT2D eigenvalue weighted by atomic mass is 127. The lowest BCUT2D eigenvalue weighted by atomic mass is 10.0. The van der Waals surface area contributed by atoms with Crippen molar-refractivity contribution in [3.8, 4) is 0 Å². The zero-order valence-electron chi connectivity index (χ0n) is 16.6. The summed E-state index contributed by atoms with van der Waals surface area (Å²) in [5.41, 5.74) is 1.64. The Bertz CT molecular complexity index is 376. The number of halogens is 1. The molecule has 0 amide bonds. The van der Waals surface area contributed by atoms with Crippen LogP contribution in [-0.4, -0.2) is 30.4 Å². The lowest BCUT2D eigenvalue weighted by molar-refractivity contribution is -0.159. The van der Waals surface area contributed by atoms with Crippen molar-refractivity contribution in [1.29, 1.82) is 0 Å². The maximum absolute atomic E-state index is 12.2. The van der Waals surface area contributed by atoms with Crippen molar-refractivity contribution in [3.05, 3.63) is 0 Å². The predicted molar refractivity (Wildman–Crippen MR) is 112 cm³/mol. The van der Waals surface area contributed by atoms with Crippen LogP contribution in [0.15, 0.2) is 0 Å². The first-order chi connectivity index (χ1) is 11.1. The normalized spacial score (nSPS) is 23.9. The van der Waals surface area contributed by atoms with Gasteiger partial charge >= 0.3 is 5.97 Å². The largest absolute Gasteiger partial charge is 0.461 e. The van der Waals surface area contributed by atoms with E-state index in [-0.39, 0.29) is 18.2 Å². The summed E-state index contributed by atoms with van der Waals surface area (Å²) in [4.78, 5) is 12.2. The number of carbonyl (C=O) groups is 1. The molecule has 142 valence electrons. The van der Waals surface area contributed by atoms with E-state index in [0.717, 1.165) is 12.8 Å². The van der Waals surface area contributed by atoms with Gasteiger partial charge in [-0.2, -0.15) is 0 Å². The molecule has 0 aliphatic carbocycles. The summed E-state index contributed by atoms with van der Waals surface area (Å²) in [6, 6.07) is 0. The van der Waals surface area contributed by atoms with Gasteiger partial charge in [-0.3, -0.25) is 4.79 Å². The summed E-state index contributed by atoms with van der Waals surface area (Å²) in [6.45, 7) is 16.0. The molecule has 0 aromatic heterocycles. The Morgan fingerprint density at radius 3 is 2.17 bits per heavy atom. The molecule has 0 aromatic rings. The fraction of sp³-hybridized carbons (Fsp3) is 0.947. The maximum Gasteiger partial charge on any atom is 0.308 e. The van der Waals surface area contributed by atoms with Gasteiger partial charge < -0.3 is 9.16 Å². The third-order valence-corrected chi connectivity index (χ3v) is 13.1. The molecule has 1 saturated heterocycles. The first-order valence-corrected chi connectivity index (χ1v) is 13.0. The molecule has 1 aliphatic heterocycles. The van der Waals surface area contributed by atoms with E-state index in [9.17, 15) is 4.79 Å². The summed E-state index contributed by atoms with van der Waals surface area (Å²) in [5, 5.41) is 0. The number of hydrogen-bond donors (Lipinski definition) is 0. The van der Waals surface area contributed by atoms with Crippen LogP contribution in [0, 0.1) is 0 Å². The number of ether oxygens (including phenoxy) is 1. The van der Waals surface area contributed by atoms with Gasteiger partial charge in [0.1, 0.15) is 6.10 Å². The van der Waals surface area contributed by atoms with Gasteiger partial charge in [-0.05, 0) is 23.0 Å². The van der Waals surface area contributed by atoms with Crippen LogP contribution in [-0.2, 0) is 14.0 Å². The molecule has 24 heavy (non-hydrogen) atoms. The molecule has 1 aliphatic rings. The Balaban J connectivity index is 2.89. The molecule has 0 radical (unpaired) electrons. The van der Waals surface area contributed by atoms with Gasteiger partial charge in [0, 0.05) is 10.3 Å². The van der Waals surface area contributed by atoms with E-state index in [2.05, 4.69) is 71.1 Å². The highest BCUT2D eigenvalue weighted by Crippen LogP contribution is 2.44. The summed E-state index contributed by atoms with van der Waals surface area (Å²) in [7, 11) is -1.94. The van der Waals surface area contributed by atoms with Crippen LogP contribution in [0.3, 0.4) is 0 Å². The van der Waals surface area contributed by atoms with Gasteiger partial charge in [-0.15, -0.1) is 0 Å². The Hall–Kier alpha value is 0.377. The van der Waals surface area contributed by atoms with E-state index in [1.54, 1.807) is 0 Å². The van der Waals surface area contributed by atoms with E-state index >= 15 is 0 Å². The summed E-state index contributed by atoms with van der Waals surface area (Å²) in [6.07, 6.45) is 4.83. The number of rotatable bonds is 9. The van der Waals surface area contributed by atoms with Crippen molar-refractivity contribution >= 4 is 36.9 Å². The first-order valence-electron chi connectivity index (χ1n) is 9.66. The monoisotopic (exact) mass is 468 g/mol. The molecular formula is C19H37IO3Si. The van der Waals surface area contributed by atoms with Crippen molar-refractivity contribution in [2.45, 2.75) is 113 Å². The second-order valence-electron chi connectivity index (χ2n) is 8.18. The number of esters is 1. The molecule has 0 N–H and O–H groups in total. The van der Waals surface area contributed by atoms with Gasteiger partial charge in [-0.1, -0.05) is 83.9 Å². The maximum atomic E-state index is 12.2. The smallest absolute Gasteiger partial charge is 0.308 e. The lowest BCUT2D eigenvalue weighted by Gasteiger charge is -2.46. The minimum Gasteiger partial charge on any atom is -0.461 e. The van der Waals surface area contributed by atoms with E-state index in [4.69, 9.17) is 9.16 Å². The van der Waals surface area contributed by atoms with Crippen LogP contribution in [0.4, 0.5) is 0 Å². The van der Waals surface area contributed by atoms with Gasteiger partial charge in [0.25, 0.3) is 0 Å². The quantitative estimate of drug-likeness (QED) is 0.174. The van der Waals surface area contributed by atoms with Crippen LogP contribution in [0.1, 0.15) is 80.6 Å². The van der Waals surface area contributed by atoms with Crippen LogP contribution >= 0.6 is 22.6 Å². The average Bonchev–Trinajstić information content (AvgIpc) is 2.48. The molecule has 0 spiro atoms.